The lowest BCUT2D eigenvalue weighted by Gasteiger charge is -2.13. The molecule has 1 rings (SSSR count). The van der Waals surface area contributed by atoms with Crippen LogP contribution in [0.5, 0.6) is 0 Å². The minimum Gasteiger partial charge on any atom is -0.318 e. The summed E-state index contributed by atoms with van der Waals surface area (Å²) < 4.78 is 13.0. The van der Waals surface area contributed by atoms with E-state index in [4.69, 9.17) is 0 Å². The maximum absolute atomic E-state index is 13.0. The molecule has 0 unspecified atom stereocenters. The molecule has 0 amide bonds. The lowest BCUT2D eigenvalue weighted by molar-refractivity contribution is 0.579. The summed E-state index contributed by atoms with van der Waals surface area (Å²) in [6.07, 6.45) is 5.84. The quantitative estimate of drug-likeness (QED) is 0.431. The van der Waals surface area contributed by atoms with Gasteiger partial charge in [0.1, 0.15) is 7.14 Å². The number of unbranched alkanes of at least 4 members (excludes halogenated alkanes) is 2. The first kappa shape index (κ1) is 17.2. The second-order valence-corrected chi connectivity index (χ2v) is 8.62. The van der Waals surface area contributed by atoms with Gasteiger partial charge in [-0.15, -0.1) is 0 Å². The highest BCUT2D eigenvalue weighted by Gasteiger charge is 2.18. The maximum atomic E-state index is 13.0. The van der Waals surface area contributed by atoms with Crippen LogP contribution in [0.3, 0.4) is 0 Å². The van der Waals surface area contributed by atoms with Gasteiger partial charge < -0.3 is 4.57 Å². The summed E-state index contributed by atoms with van der Waals surface area (Å²) in [7, 11) is -2.25. The van der Waals surface area contributed by atoms with E-state index in [1.807, 2.05) is 6.07 Å². The van der Waals surface area contributed by atoms with E-state index in [0.29, 0.717) is 0 Å². The van der Waals surface area contributed by atoms with Gasteiger partial charge >= 0.3 is 0 Å². The summed E-state index contributed by atoms with van der Waals surface area (Å²) in [6.45, 7) is 8.41. The largest absolute Gasteiger partial charge is 0.318 e. The van der Waals surface area contributed by atoms with Gasteiger partial charge in [0.05, 0.1) is 11.6 Å². The predicted octanol–water partition coefficient (Wildman–Crippen LogP) is 5.93. The van der Waals surface area contributed by atoms with Crippen molar-refractivity contribution in [2.45, 2.75) is 53.4 Å². The highest BCUT2D eigenvalue weighted by atomic mass is 31.2. The topological polar surface area (TPSA) is 29.4 Å². The SMILES string of the molecule is CCCCP(=O)(C=Nc1c(C)cccc1C)CCCC. The third-order valence-electron chi connectivity index (χ3n) is 3.62. The van der Waals surface area contributed by atoms with Crippen LogP contribution in [-0.4, -0.2) is 18.3 Å². The van der Waals surface area contributed by atoms with Gasteiger partial charge in [0.2, 0.25) is 0 Å². The fourth-order valence-electron chi connectivity index (χ4n) is 2.25. The molecular formula is C17H28NOP. The Bertz CT molecular complexity index is 462. The monoisotopic (exact) mass is 293 g/mol. The van der Waals surface area contributed by atoms with Gasteiger partial charge in [-0.2, -0.15) is 0 Å². The van der Waals surface area contributed by atoms with Gasteiger partial charge in [0, 0.05) is 12.3 Å². The zero-order chi connectivity index (χ0) is 15.0. The molecule has 0 spiro atoms. The van der Waals surface area contributed by atoms with Crippen LogP contribution in [0.1, 0.15) is 50.7 Å². The zero-order valence-electron chi connectivity index (χ0n) is 13.4. The van der Waals surface area contributed by atoms with Crippen molar-refractivity contribution in [3.8, 4) is 0 Å². The van der Waals surface area contributed by atoms with Crippen molar-refractivity contribution < 1.29 is 4.57 Å². The molecule has 0 bridgehead atoms. The van der Waals surface area contributed by atoms with Crippen molar-refractivity contribution >= 4 is 18.8 Å². The molecule has 0 fully saturated rings. The summed E-state index contributed by atoms with van der Waals surface area (Å²) in [6, 6.07) is 6.16. The summed E-state index contributed by atoms with van der Waals surface area (Å²) in [5, 5.41) is 0. The average Bonchev–Trinajstić information content (AvgIpc) is 2.43. The van der Waals surface area contributed by atoms with Gasteiger partial charge in [0.15, 0.2) is 0 Å². The Labute approximate surface area is 124 Å². The fraction of sp³-hybridized carbons (Fsp3) is 0.588. The summed E-state index contributed by atoms with van der Waals surface area (Å²) >= 11 is 0. The molecule has 112 valence electrons. The second-order valence-electron chi connectivity index (χ2n) is 5.59. The molecule has 0 radical (unpaired) electrons. The van der Waals surface area contributed by atoms with Crippen molar-refractivity contribution in [3.63, 3.8) is 0 Å². The van der Waals surface area contributed by atoms with Crippen LogP contribution in [0, 0.1) is 13.8 Å². The first-order chi connectivity index (χ1) is 9.52. The number of rotatable bonds is 8. The van der Waals surface area contributed by atoms with Crippen molar-refractivity contribution in [2.24, 2.45) is 4.99 Å². The number of hydrogen-bond acceptors (Lipinski definition) is 2. The summed E-state index contributed by atoms with van der Waals surface area (Å²) in [5.74, 6) is 1.79. The van der Waals surface area contributed by atoms with Crippen molar-refractivity contribution in [1.82, 2.24) is 0 Å². The Morgan fingerprint density at radius 3 is 2.00 bits per heavy atom. The number of nitrogens with zero attached hydrogens (tertiary/aromatic N) is 1. The van der Waals surface area contributed by atoms with Gasteiger partial charge in [-0.1, -0.05) is 44.9 Å². The van der Waals surface area contributed by atoms with E-state index in [1.54, 1.807) is 5.96 Å². The molecule has 0 aromatic heterocycles. The molecule has 0 aliphatic rings. The lowest BCUT2D eigenvalue weighted by atomic mass is 10.1. The molecule has 1 aromatic carbocycles. The molecule has 0 aliphatic heterocycles. The average molecular weight is 293 g/mol. The summed E-state index contributed by atoms with van der Waals surface area (Å²) in [4.78, 5) is 4.60. The standard InChI is InChI=1S/C17H28NOP/c1-5-7-12-20(19,13-8-6-2)14-18-17-15(3)10-9-11-16(17)4/h9-11,14H,5-8,12-13H2,1-4H3. The number of para-hydroxylation sites is 1. The van der Waals surface area contributed by atoms with Crippen LogP contribution in [0.4, 0.5) is 5.69 Å². The zero-order valence-corrected chi connectivity index (χ0v) is 14.2. The number of aryl methyl sites for hydroxylation is 2. The number of benzene rings is 1. The first-order valence-corrected chi connectivity index (χ1v) is 9.86. The molecule has 0 atom stereocenters. The molecule has 3 heteroatoms. The van der Waals surface area contributed by atoms with E-state index in [0.717, 1.165) is 54.8 Å². The molecule has 0 N–H and O–H groups in total. The van der Waals surface area contributed by atoms with Crippen molar-refractivity contribution in [3.05, 3.63) is 29.3 Å². The summed E-state index contributed by atoms with van der Waals surface area (Å²) in [5.41, 5.74) is 3.29. The molecule has 0 saturated heterocycles. The Morgan fingerprint density at radius 2 is 1.55 bits per heavy atom. The second kappa shape index (κ2) is 8.42. The van der Waals surface area contributed by atoms with Crippen LogP contribution in [0.25, 0.3) is 0 Å². The van der Waals surface area contributed by atoms with Crippen LogP contribution in [0.2, 0.25) is 0 Å². The normalized spacial score (nSPS) is 12.2. The minimum absolute atomic E-state index is 0.804. The van der Waals surface area contributed by atoms with Gasteiger partial charge in [-0.25, -0.2) is 0 Å². The lowest BCUT2D eigenvalue weighted by Crippen LogP contribution is -1.97. The minimum atomic E-state index is -2.25. The van der Waals surface area contributed by atoms with Crippen molar-refractivity contribution in [1.29, 1.82) is 0 Å². The maximum Gasteiger partial charge on any atom is 0.126 e. The fourth-order valence-corrected chi connectivity index (χ4v) is 4.73. The molecule has 2 nitrogen and oxygen atoms in total. The Kier molecular flexibility index (Phi) is 7.23. The molecule has 0 saturated carbocycles. The Balaban J connectivity index is 2.93. The first-order valence-electron chi connectivity index (χ1n) is 7.71. The molecule has 0 aliphatic carbocycles. The van der Waals surface area contributed by atoms with E-state index in [9.17, 15) is 4.57 Å². The van der Waals surface area contributed by atoms with E-state index in [2.05, 4.69) is 44.8 Å². The number of aliphatic imine (C=N–C) groups is 1. The highest BCUT2D eigenvalue weighted by molar-refractivity contribution is 7.78. The van der Waals surface area contributed by atoms with E-state index in [-0.39, 0.29) is 0 Å². The van der Waals surface area contributed by atoms with Gasteiger partial charge in [-0.3, -0.25) is 4.99 Å². The Hall–Kier alpha value is -0.880. The molecular weight excluding hydrogens is 265 g/mol. The Morgan fingerprint density at radius 1 is 1.05 bits per heavy atom. The van der Waals surface area contributed by atoms with Crippen LogP contribution in [0.15, 0.2) is 23.2 Å². The van der Waals surface area contributed by atoms with E-state index in [1.165, 1.54) is 0 Å². The van der Waals surface area contributed by atoms with Crippen LogP contribution in [-0.2, 0) is 4.57 Å². The van der Waals surface area contributed by atoms with Gasteiger partial charge in [0.25, 0.3) is 0 Å². The predicted molar refractivity (Wildman–Crippen MR) is 91.2 cm³/mol. The van der Waals surface area contributed by atoms with E-state index < -0.39 is 7.14 Å². The smallest absolute Gasteiger partial charge is 0.126 e. The van der Waals surface area contributed by atoms with E-state index >= 15 is 0 Å². The third-order valence-corrected chi connectivity index (χ3v) is 6.30. The molecule has 1 aromatic rings. The molecule has 20 heavy (non-hydrogen) atoms. The van der Waals surface area contributed by atoms with Crippen LogP contribution >= 0.6 is 7.14 Å². The van der Waals surface area contributed by atoms with Crippen molar-refractivity contribution in [2.75, 3.05) is 12.3 Å². The molecule has 0 heterocycles. The number of hydrogen-bond donors (Lipinski definition) is 0. The van der Waals surface area contributed by atoms with Gasteiger partial charge in [-0.05, 0) is 37.8 Å². The third kappa shape index (κ3) is 5.25. The highest BCUT2D eigenvalue weighted by Crippen LogP contribution is 2.45. The van der Waals surface area contributed by atoms with Crippen LogP contribution < -0.4 is 0 Å².